The van der Waals surface area contributed by atoms with Crippen LogP contribution >= 0.6 is 0 Å². The van der Waals surface area contributed by atoms with Crippen molar-refractivity contribution in [3.63, 3.8) is 0 Å². The SMILES string of the molecule is CC(=O)N[C@@H](Cc1cnc[nH]1)C(=O)N[C@@H](CCCCN)C(=O)N[C@@H](CC(=O)O)C(=O)C(C1CCCCC1)[C@@](N)(C=O)C(=O)[C@H](N)CC1CCCCC1. The van der Waals surface area contributed by atoms with E-state index in [0.29, 0.717) is 57.2 Å². The lowest BCUT2D eigenvalue weighted by Crippen LogP contribution is -2.67. The number of hydrogen-bond donors (Lipinski definition) is 8. The van der Waals surface area contributed by atoms with E-state index in [0.717, 1.165) is 38.5 Å². The molecule has 2 saturated carbocycles. The second kappa shape index (κ2) is 20.9. The van der Waals surface area contributed by atoms with E-state index in [-0.39, 0.29) is 25.0 Å². The molecule has 1 unspecified atom stereocenters. The fourth-order valence-electron chi connectivity index (χ4n) is 7.81. The maximum atomic E-state index is 14.6. The maximum absolute atomic E-state index is 14.6. The molecule has 1 aromatic rings. The molecule has 0 bridgehead atoms. The summed E-state index contributed by atoms with van der Waals surface area (Å²) in [6.45, 7) is 1.55. The van der Waals surface area contributed by atoms with E-state index in [1.807, 2.05) is 0 Å². The Kier molecular flexibility index (Phi) is 17.0. The summed E-state index contributed by atoms with van der Waals surface area (Å²) >= 11 is 0. The van der Waals surface area contributed by atoms with Gasteiger partial charge in [-0.1, -0.05) is 51.4 Å². The largest absolute Gasteiger partial charge is 0.481 e. The lowest BCUT2D eigenvalue weighted by atomic mass is 9.65. The van der Waals surface area contributed by atoms with Crippen LogP contribution in [0.15, 0.2) is 12.5 Å². The number of carboxylic acid groups (broad SMARTS) is 1. The highest BCUT2D eigenvalue weighted by Gasteiger charge is 2.53. The average molecular weight is 731 g/mol. The Morgan fingerprint density at radius 1 is 0.942 bits per heavy atom. The van der Waals surface area contributed by atoms with Crippen molar-refractivity contribution in [2.24, 2.45) is 35.0 Å². The molecule has 3 amide bonds. The standard InChI is InChI=1S/C36H58N8O8/c1-22(46)42-29(17-25-19-40-21-41-25)35(52)43-27(14-8-9-15-37)34(51)44-28(18-30(47)48)32(49)31(24-12-6-3-7-13-24)36(39,20-45)33(50)26(38)16-23-10-4-2-5-11-23/h19-21,23-24,26-29,31H,2-18,37-39H2,1H3,(H,40,41)(H,42,46)(H,43,52)(H,44,51)(H,47,48)/t26-,27+,28+,29+,31?,36+/m1/s1. The fraction of sp³-hybridized carbons (Fsp3) is 0.722. The number of H-pyrrole nitrogens is 1. The normalized spacial score (nSPS) is 19.5. The first-order valence-corrected chi connectivity index (χ1v) is 18.7. The zero-order valence-corrected chi connectivity index (χ0v) is 30.3. The van der Waals surface area contributed by atoms with Gasteiger partial charge in [0.1, 0.15) is 23.9 Å². The number of unbranched alkanes of at least 4 members (excludes halogenated alkanes) is 1. The Bertz CT molecular complexity index is 1360. The third-order valence-corrected chi connectivity index (χ3v) is 10.5. The van der Waals surface area contributed by atoms with Crippen LogP contribution in [0.2, 0.25) is 0 Å². The zero-order chi connectivity index (χ0) is 38.3. The number of imidazole rings is 1. The third kappa shape index (κ3) is 12.3. The molecule has 16 heteroatoms. The van der Waals surface area contributed by atoms with Crippen molar-refractivity contribution in [3.8, 4) is 0 Å². The van der Waals surface area contributed by atoms with Crippen molar-refractivity contribution in [1.82, 2.24) is 25.9 Å². The number of rotatable bonds is 22. The van der Waals surface area contributed by atoms with Crippen LogP contribution in [0.3, 0.4) is 0 Å². The van der Waals surface area contributed by atoms with Gasteiger partial charge in [0.2, 0.25) is 17.7 Å². The van der Waals surface area contributed by atoms with Gasteiger partial charge in [0.25, 0.3) is 0 Å². The van der Waals surface area contributed by atoms with Gasteiger partial charge in [-0.15, -0.1) is 0 Å². The van der Waals surface area contributed by atoms with E-state index in [1.54, 1.807) is 0 Å². The van der Waals surface area contributed by atoms with Gasteiger partial charge in [-0.05, 0) is 56.9 Å². The summed E-state index contributed by atoms with van der Waals surface area (Å²) in [5, 5.41) is 17.6. The molecule has 1 aromatic heterocycles. The first kappa shape index (κ1) is 42.4. The first-order chi connectivity index (χ1) is 24.8. The number of aldehydes is 1. The van der Waals surface area contributed by atoms with Crippen LogP contribution < -0.4 is 33.2 Å². The number of carboxylic acids is 1. The Morgan fingerprint density at radius 3 is 2.12 bits per heavy atom. The summed E-state index contributed by atoms with van der Waals surface area (Å²) in [6, 6.07) is -5.14. The van der Waals surface area contributed by atoms with Gasteiger partial charge in [0.05, 0.1) is 30.7 Å². The molecule has 1 heterocycles. The van der Waals surface area contributed by atoms with Crippen molar-refractivity contribution < 1.29 is 38.7 Å². The summed E-state index contributed by atoms with van der Waals surface area (Å²) in [5.41, 5.74) is 17.0. The monoisotopic (exact) mass is 730 g/mol. The molecule has 0 aliphatic heterocycles. The van der Waals surface area contributed by atoms with Crippen LogP contribution in [0.4, 0.5) is 0 Å². The quantitative estimate of drug-likeness (QED) is 0.0462. The summed E-state index contributed by atoms with van der Waals surface area (Å²) in [4.78, 5) is 99.8. The topological polar surface area (TPSA) is 283 Å². The molecule has 52 heavy (non-hydrogen) atoms. The molecule has 0 spiro atoms. The zero-order valence-electron chi connectivity index (χ0n) is 30.3. The number of aromatic nitrogens is 2. The second-order valence-corrected chi connectivity index (χ2v) is 14.6. The van der Waals surface area contributed by atoms with E-state index in [2.05, 4.69) is 25.9 Å². The number of ketones is 2. The Labute approximate surface area is 304 Å². The van der Waals surface area contributed by atoms with Crippen molar-refractivity contribution in [1.29, 1.82) is 0 Å². The predicted molar refractivity (Wildman–Crippen MR) is 191 cm³/mol. The predicted octanol–water partition coefficient (Wildman–Crippen LogP) is 0.559. The number of amides is 3. The minimum absolute atomic E-state index is 0.0347. The number of carbonyl (C=O) groups is 7. The number of hydrogen-bond acceptors (Lipinski definition) is 11. The molecular weight excluding hydrogens is 672 g/mol. The van der Waals surface area contributed by atoms with Crippen LogP contribution in [0.1, 0.15) is 109 Å². The highest BCUT2D eigenvalue weighted by molar-refractivity contribution is 6.11. The lowest BCUT2D eigenvalue weighted by Gasteiger charge is -2.40. The lowest BCUT2D eigenvalue weighted by molar-refractivity contribution is -0.146. The number of aromatic amines is 1. The van der Waals surface area contributed by atoms with Gasteiger partial charge in [-0.25, -0.2) is 4.98 Å². The van der Waals surface area contributed by atoms with E-state index in [9.17, 15) is 38.7 Å². The van der Waals surface area contributed by atoms with Gasteiger partial charge in [0.15, 0.2) is 11.6 Å². The molecule has 6 atom stereocenters. The first-order valence-electron chi connectivity index (χ1n) is 18.7. The van der Waals surface area contributed by atoms with Crippen molar-refractivity contribution >= 4 is 41.5 Å². The molecular formula is C36H58N8O8. The van der Waals surface area contributed by atoms with Crippen LogP contribution in [0.5, 0.6) is 0 Å². The third-order valence-electron chi connectivity index (χ3n) is 10.5. The molecule has 2 fully saturated rings. The molecule has 3 rings (SSSR count). The number of nitrogens with one attached hydrogen (secondary N) is 4. The Hall–Kier alpha value is -4.02. The number of nitrogens with two attached hydrogens (primary N) is 3. The van der Waals surface area contributed by atoms with Crippen molar-refractivity contribution in [3.05, 3.63) is 18.2 Å². The molecule has 0 radical (unpaired) electrons. The molecule has 2 aliphatic carbocycles. The average Bonchev–Trinajstić information content (AvgIpc) is 3.64. The molecule has 290 valence electrons. The number of Topliss-reactive ketones (excluding diaryl/α,β-unsaturated/α-hetero) is 2. The second-order valence-electron chi connectivity index (χ2n) is 14.6. The van der Waals surface area contributed by atoms with Crippen molar-refractivity contribution in [2.75, 3.05) is 6.54 Å². The fourth-order valence-corrected chi connectivity index (χ4v) is 7.81. The summed E-state index contributed by atoms with van der Waals surface area (Å²) in [5.74, 6) is -6.86. The number of aliphatic carboxylic acids is 1. The van der Waals surface area contributed by atoms with E-state index < -0.39 is 83.2 Å². The number of carbonyl (C=O) groups excluding carboxylic acids is 6. The minimum Gasteiger partial charge on any atom is -0.481 e. The van der Waals surface area contributed by atoms with Gasteiger partial charge >= 0.3 is 5.97 Å². The smallest absolute Gasteiger partial charge is 0.305 e. The molecule has 2 aliphatic rings. The molecule has 0 saturated heterocycles. The van der Waals surface area contributed by atoms with E-state index in [4.69, 9.17) is 17.2 Å². The molecule has 11 N–H and O–H groups in total. The highest BCUT2D eigenvalue weighted by atomic mass is 16.4. The number of nitrogens with zero attached hydrogens (tertiary/aromatic N) is 1. The van der Waals surface area contributed by atoms with Crippen LogP contribution in [-0.2, 0) is 40.0 Å². The summed E-state index contributed by atoms with van der Waals surface area (Å²) < 4.78 is 0. The molecule has 16 nitrogen and oxygen atoms in total. The van der Waals surface area contributed by atoms with Gasteiger partial charge in [0, 0.05) is 25.2 Å². The molecule has 0 aromatic carbocycles. The summed E-state index contributed by atoms with van der Waals surface area (Å²) in [6.07, 6.45) is 11.8. The van der Waals surface area contributed by atoms with Gasteiger partial charge < -0.3 is 48.0 Å². The van der Waals surface area contributed by atoms with Gasteiger partial charge in [-0.3, -0.25) is 28.8 Å². The Balaban J connectivity index is 1.92. The van der Waals surface area contributed by atoms with Crippen LogP contribution in [0.25, 0.3) is 0 Å². The van der Waals surface area contributed by atoms with Crippen molar-refractivity contribution in [2.45, 2.75) is 139 Å². The van der Waals surface area contributed by atoms with Crippen LogP contribution in [-0.4, -0.2) is 92.9 Å². The van der Waals surface area contributed by atoms with Crippen LogP contribution in [0, 0.1) is 17.8 Å². The maximum Gasteiger partial charge on any atom is 0.305 e. The Morgan fingerprint density at radius 2 is 1.56 bits per heavy atom. The minimum atomic E-state index is -2.35. The van der Waals surface area contributed by atoms with E-state index >= 15 is 0 Å². The summed E-state index contributed by atoms with van der Waals surface area (Å²) in [7, 11) is 0. The highest BCUT2D eigenvalue weighted by Crippen LogP contribution is 2.38. The van der Waals surface area contributed by atoms with E-state index in [1.165, 1.54) is 19.4 Å². The van der Waals surface area contributed by atoms with Gasteiger partial charge in [-0.2, -0.15) is 0 Å².